The standard InChI is InChI=1S/C19H25N3O2S/c1-13-8-18(21-17-10-15(25-3)4-5-16(13)17)20-11-14-9-19(23)22(12-14)6-7-24-2/h4-5,8,10,14H,6-7,9,11-12H2,1-3H3,(H,20,21)/t14-/m0/s1. The highest BCUT2D eigenvalue weighted by molar-refractivity contribution is 7.98. The molecule has 5 nitrogen and oxygen atoms in total. The van der Waals surface area contributed by atoms with Gasteiger partial charge >= 0.3 is 0 Å². The third kappa shape index (κ3) is 4.25. The average molecular weight is 359 g/mol. The number of rotatable bonds is 7. The fourth-order valence-electron chi connectivity index (χ4n) is 3.26. The number of aromatic nitrogens is 1. The molecule has 2 heterocycles. The van der Waals surface area contributed by atoms with Crippen LogP contribution in [0.5, 0.6) is 0 Å². The van der Waals surface area contributed by atoms with Crippen LogP contribution >= 0.6 is 11.8 Å². The quantitative estimate of drug-likeness (QED) is 0.770. The number of thioether (sulfide) groups is 1. The average Bonchev–Trinajstić information content (AvgIpc) is 2.97. The van der Waals surface area contributed by atoms with Crippen molar-refractivity contribution in [3.63, 3.8) is 0 Å². The van der Waals surface area contributed by atoms with E-state index in [-0.39, 0.29) is 5.91 Å². The Morgan fingerprint density at radius 1 is 1.40 bits per heavy atom. The molecule has 1 amide bonds. The van der Waals surface area contributed by atoms with E-state index in [1.807, 2.05) is 4.90 Å². The van der Waals surface area contributed by atoms with Gasteiger partial charge in [0.2, 0.25) is 5.91 Å². The molecule has 0 saturated carbocycles. The summed E-state index contributed by atoms with van der Waals surface area (Å²) in [6.07, 6.45) is 2.67. The first-order valence-corrected chi connectivity index (χ1v) is 9.79. The smallest absolute Gasteiger partial charge is 0.223 e. The molecule has 1 fully saturated rings. The zero-order chi connectivity index (χ0) is 17.8. The summed E-state index contributed by atoms with van der Waals surface area (Å²) >= 11 is 1.72. The van der Waals surface area contributed by atoms with E-state index in [0.29, 0.717) is 25.5 Å². The minimum atomic E-state index is 0.219. The minimum absolute atomic E-state index is 0.219. The van der Waals surface area contributed by atoms with Crippen LogP contribution < -0.4 is 5.32 Å². The van der Waals surface area contributed by atoms with E-state index in [0.717, 1.165) is 24.4 Å². The van der Waals surface area contributed by atoms with Gasteiger partial charge in [-0.1, -0.05) is 6.07 Å². The number of likely N-dealkylation sites (tertiary alicyclic amines) is 1. The second kappa shape index (κ2) is 8.06. The van der Waals surface area contributed by atoms with Crippen LogP contribution in [0.15, 0.2) is 29.2 Å². The highest BCUT2D eigenvalue weighted by Crippen LogP contribution is 2.25. The lowest BCUT2D eigenvalue weighted by Crippen LogP contribution is -2.29. The summed E-state index contributed by atoms with van der Waals surface area (Å²) in [5.74, 6) is 1.42. The van der Waals surface area contributed by atoms with Gasteiger partial charge in [-0.25, -0.2) is 4.98 Å². The summed E-state index contributed by atoms with van der Waals surface area (Å²) in [6, 6.07) is 8.48. The van der Waals surface area contributed by atoms with Gasteiger partial charge in [0.15, 0.2) is 0 Å². The van der Waals surface area contributed by atoms with Crippen LogP contribution in [0.1, 0.15) is 12.0 Å². The van der Waals surface area contributed by atoms with E-state index < -0.39 is 0 Å². The van der Waals surface area contributed by atoms with Crippen molar-refractivity contribution in [1.82, 2.24) is 9.88 Å². The Balaban J connectivity index is 1.66. The lowest BCUT2D eigenvalue weighted by Gasteiger charge is -2.16. The molecule has 6 heteroatoms. The number of carbonyl (C=O) groups excluding carboxylic acids is 1. The van der Waals surface area contributed by atoms with E-state index in [9.17, 15) is 4.79 Å². The topological polar surface area (TPSA) is 54.5 Å². The molecule has 25 heavy (non-hydrogen) atoms. The second-order valence-corrected chi connectivity index (χ2v) is 7.37. The molecule has 1 aromatic carbocycles. The number of anilines is 1. The molecule has 2 aromatic rings. The third-order valence-electron chi connectivity index (χ3n) is 4.66. The highest BCUT2D eigenvalue weighted by atomic mass is 32.2. The molecule has 0 aliphatic carbocycles. The number of nitrogens with one attached hydrogen (secondary N) is 1. The molecule has 0 unspecified atom stereocenters. The molecule has 1 aliphatic heterocycles. The van der Waals surface area contributed by atoms with Gasteiger partial charge in [-0.3, -0.25) is 4.79 Å². The number of ether oxygens (including phenoxy) is 1. The van der Waals surface area contributed by atoms with E-state index >= 15 is 0 Å². The molecular formula is C19H25N3O2S. The fourth-order valence-corrected chi connectivity index (χ4v) is 3.69. The highest BCUT2D eigenvalue weighted by Gasteiger charge is 2.28. The number of pyridine rings is 1. The van der Waals surface area contributed by atoms with Crippen LogP contribution in [-0.2, 0) is 9.53 Å². The zero-order valence-corrected chi connectivity index (χ0v) is 15.9. The van der Waals surface area contributed by atoms with Gasteiger partial charge in [0.1, 0.15) is 5.82 Å². The normalized spacial score (nSPS) is 17.5. The Hall–Kier alpha value is -1.79. The van der Waals surface area contributed by atoms with E-state index in [1.165, 1.54) is 15.8 Å². The molecule has 3 rings (SSSR count). The Kier molecular flexibility index (Phi) is 5.81. The summed E-state index contributed by atoms with van der Waals surface area (Å²) in [7, 11) is 1.66. The first-order valence-electron chi connectivity index (χ1n) is 8.56. The number of carbonyl (C=O) groups is 1. The van der Waals surface area contributed by atoms with Crippen molar-refractivity contribution < 1.29 is 9.53 Å². The molecule has 1 N–H and O–H groups in total. The summed E-state index contributed by atoms with van der Waals surface area (Å²) in [5, 5.41) is 4.61. The number of hydrogen-bond acceptors (Lipinski definition) is 5. The number of hydrogen-bond donors (Lipinski definition) is 1. The van der Waals surface area contributed by atoms with Gasteiger partial charge in [-0.2, -0.15) is 0 Å². The zero-order valence-electron chi connectivity index (χ0n) is 15.0. The second-order valence-electron chi connectivity index (χ2n) is 6.49. The van der Waals surface area contributed by atoms with Crippen molar-refractivity contribution in [1.29, 1.82) is 0 Å². The monoisotopic (exact) mass is 359 g/mol. The van der Waals surface area contributed by atoms with Crippen LogP contribution in [-0.4, -0.2) is 55.4 Å². The number of methoxy groups -OCH3 is 1. The predicted octanol–water partition coefficient (Wildman–Crippen LogP) is 3.17. The van der Waals surface area contributed by atoms with Crippen LogP contribution in [0.2, 0.25) is 0 Å². The maximum absolute atomic E-state index is 12.0. The van der Waals surface area contributed by atoms with Gasteiger partial charge in [-0.15, -0.1) is 11.8 Å². The molecule has 1 saturated heterocycles. The fraction of sp³-hybridized carbons (Fsp3) is 0.474. The first-order chi connectivity index (χ1) is 12.1. The SMILES string of the molecule is COCCN1C[C@H](CNc2cc(C)c3ccc(SC)cc3n2)CC1=O. The Morgan fingerprint density at radius 2 is 2.24 bits per heavy atom. The Bertz CT molecular complexity index is 766. The van der Waals surface area contributed by atoms with Crippen molar-refractivity contribution in [2.75, 3.05) is 44.9 Å². The molecule has 0 bridgehead atoms. The van der Waals surface area contributed by atoms with Crippen LogP contribution in [0.25, 0.3) is 10.9 Å². The van der Waals surface area contributed by atoms with Crippen molar-refractivity contribution in [2.45, 2.75) is 18.2 Å². The molecule has 1 atom stereocenters. The summed E-state index contributed by atoms with van der Waals surface area (Å²) in [6.45, 7) is 4.93. The molecule has 134 valence electrons. The van der Waals surface area contributed by atoms with E-state index in [4.69, 9.17) is 9.72 Å². The summed E-state index contributed by atoms with van der Waals surface area (Å²) in [5.41, 5.74) is 2.22. The number of fused-ring (bicyclic) bond motifs is 1. The molecule has 1 aromatic heterocycles. The van der Waals surface area contributed by atoms with Gasteiger partial charge < -0.3 is 15.0 Å². The maximum Gasteiger partial charge on any atom is 0.223 e. The molecule has 1 aliphatic rings. The minimum Gasteiger partial charge on any atom is -0.383 e. The summed E-state index contributed by atoms with van der Waals surface area (Å²) in [4.78, 5) is 19.9. The Labute approximate surface area is 153 Å². The number of aryl methyl sites for hydroxylation is 1. The van der Waals surface area contributed by atoms with Crippen molar-refractivity contribution >= 4 is 34.4 Å². The maximum atomic E-state index is 12.0. The lowest BCUT2D eigenvalue weighted by atomic mass is 10.1. The number of nitrogens with zero attached hydrogens (tertiary/aromatic N) is 2. The van der Waals surface area contributed by atoms with Crippen molar-refractivity contribution in [3.8, 4) is 0 Å². The molecule has 0 radical (unpaired) electrons. The van der Waals surface area contributed by atoms with E-state index in [2.05, 4.69) is 42.8 Å². The van der Waals surface area contributed by atoms with Gasteiger partial charge in [0.25, 0.3) is 0 Å². The summed E-state index contributed by atoms with van der Waals surface area (Å²) < 4.78 is 5.07. The van der Waals surface area contributed by atoms with Crippen LogP contribution in [0, 0.1) is 12.8 Å². The molecular weight excluding hydrogens is 334 g/mol. The van der Waals surface area contributed by atoms with Crippen LogP contribution in [0.4, 0.5) is 5.82 Å². The largest absolute Gasteiger partial charge is 0.383 e. The van der Waals surface area contributed by atoms with Gasteiger partial charge in [-0.05, 0) is 36.9 Å². The van der Waals surface area contributed by atoms with Crippen molar-refractivity contribution in [3.05, 3.63) is 29.8 Å². The van der Waals surface area contributed by atoms with Gasteiger partial charge in [0, 0.05) is 49.4 Å². The first kappa shape index (κ1) is 18.0. The van der Waals surface area contributed by atoms with E-state index in [1.54, 1.807) is 18.9 Å². The number of amides is 1. The Morgan fingerprint density at radius 3 is 3.00 bits per heavy atom. The molecule has 0 spiro atoms. The predicted molar refractivity (Wildman–Crippen MR) is 103 cm³/mol. The van der Waals surface area contributed by atoms with Crippen LogP contribution in [0.3, 0.4) is 0 Å². The van der Waals surface area contributed by atoms with Crippen molar-refractivity contribution in [2.24, 2.45) is 5.92 Å². The third-order valence-corrected chi connectivity index (χ3v) is 5.38. The van der Waals surface area contributed by atoms with Gasteiger partial charge in [0.05, 0.1) is 12.1 Å². The number of benzene rings is 1. The lowest BCUT2D eigenvalue weighted by molar-refractivity contribution is -0.128.